The Labute approximate surface area is 138 Å². The molecule has 2 aromatic carbocycles. The number of halogens is 3. The SMILES string of the molecule is FC(F)(F)c1cc2ccccc2[nH]1.O=[N+]([O-])c1ccccc1[N+](=O)[O-]. The lowest BCUT2D eigenvalue weighted by Gasteiger charge is -2.00. The summed E-state index contributed by atoms with van der Waals surface area (Å²) in [7, 11) is 0. The second-order valence-electron chi connectivity index (χ2n) is 4.77. The highest BCUT2D eigenvalue weighted by Gasteiger charge is 2.32. The standard InChI is InChI=1S/C9H6F3N.C6H4N2O4/c10-9(11,12)8-5-6-3-1-2-4-7(6)13-8;9-7(10)5-3-1-2-4-6(5)8(11)12/h1-5,13H;1-4H. The molecule has 0 atom stereocenters. The Morgan fingerprint density at radius 1 is 0.840 bits per heavy atom. The van der Waals surface area contributed by atoms with E-state index in [9.17, 15) is 33.4 Å². The van der Waals surface area contributed by atoms with Crippen LogP contribution in [-0.2, 0) is 6.18 Å². The zero-order valence-corrected chi connectivity index (χ0v) is 12.4. The van der Waals surface area contributed by atoms with E-state index >= 15 is 0 Å². The van der Waals surface area contributed by atoms with Crippen molar-refractivity contribution in [1.82, 2.24) is 4.98 Å². The van der Waals surface area contributed by atoms with Gasteiger partial charge < -0.3 is 4.98 Å². The van der Waals surface area contributed by atoms with Crippen LogP contribution in [0, 0.1) is 20.2 Å². The van der Waals surface area contributed by atoms with Gasteiger partial charge in [0.1, 0.15) is 5.69 Å². The van der Waals surface area contributed by atoms with E-state index in [2.05, 4.69) is 4.98 Å². The number of alkyl halides is 3. The fourth-order valence-electron chi connectivity index (χ4n) is 2.00. The summed E-state index contributed by atoms with van der Waals surface area (Å²) in [4.78, 5) is 21.2. The van der Waals surface area contributed by atoms with E-state index in [1.165, 1.54) is 12.1 Å². The number of nitro groups is 2. The van der Waals surface area contributed by atoms with Crippen LogP contribution in [0.2, 0.25) is 0 Å². The minimum atomic E-state index is -4.29. The molecule has 1 aromatic heterocycles. The fraction of sp³-hybridized carbons (Fsp3) is 0.0667. The van der Waals surface area contributed by atoms with Gasteiger partial charge in [-0.05, 0) is 17.5 Å². The van der Waals surface area contributed by atoms with E-state index in [1.807, 2.05) is 0 Å². The molecule has 0 amide bonds. The van der Waals surface area contributed by atoms with Gasteiger partial charge in [0.25, 0.3) is 0 Å². The van der Waals surface area contributed by atoms with Gasteiger partial charge in [0.05, 0.1) is 9.85 Å². The molecule has 1 N–H and O–H groups in total. The Hall–Kier alpha value is -3.43. The van der Waals surface area contributed by atoms with Crippen LogP contribution < -0.4 is 0 Å². The number of nitrogens with one attached hydrogen (secondary N) is 1. The van der Waals surface area contributed by atoms with Crippen molar-refractivity contribution in [2.75, 3.05) is 0 Å². The molecule has 7 nitrogen and oxygen atoms in total. The lowest BCUT2D eigenvalue weighted by molar-refractivity contribution is -0.422. The number of H-pyrrole nitrogens is 1. The molecule has 0 spiro atoms. The summed E-state index contributed by atoms with van der Waals surface area (Å²) >= 11 is 0. The van der Waals surface area contributed by atoms with Crippen LogP contribution in [0.15, 0.2) is 54.6 Å². The van der Waals surface area contributed by atoms with Crippen LogP contribution >= 0.6 is 0 Å². The molecule has 0 saturated heterocycles. The molecular formula is C15H10F3N3O4. The molecule has 3 rings (SSSR count). The summed E-state index contributed by atoms with van der Waals surface area (Å²) in [6, 6.07) is 12.7. The highest BCUT2D eigenvalue weighted by atomic mass is 19.4. The molecule has 0 radical (unpaired) electrons. The van der Waals surface area contributed by atoms with Crippen LogP contribution in [0.25, 0.3) is 10.9 Å². The number of nitro benzene ring substituents is 2. The summed E-state index contributed by atoms with van der Waals surface area (Å²) in [5.41, 5.74) is -1.16. The Kier molecular flexibility index (Phi) is 5.01. The summed E-state index contributed by atoms with van der Waals surface area (Å²) < 4.78 is 36.6. The quantitative estimate of drug-likeness (QED) is 0.533. The Morgan fingerprint density at radius 2 is 1.32 bits per heavy atom. The fourth-order valence-corrected chi connectivity index (χ4v) is 2.00. The monoisotopic (exact) mass is 353 g/mol. The van der Waals surface area contributed by atoms with Crippen molar-refractivity contribution in [1.29, 1.82) is 0 Å². The highest BCUT2D eigenvalue weighted by Crippen LogP contribution is 2.30. The van der Waals surface area contributed by atoms with Crippen LogP contribution in [0.4, 0.5) is 24.5 Å². The van der Waals surface area contributed by atoms with Gasteiger partial charge in [-0.25, -0.2) is 0 Å². The maximum absolute atomic E-state index is 12.2. The molecule has 3 aromatic rings. The molecule has 10 heteroatoms. The van der Waals surface area contributed by atoms with Crippen molar-refractivity contribution in [3.05, 3.63) is 80.5 Å². The number of hydrogen-bond acceptors (Lipinski definition) is 4. The van der Waals surface area contributed by atoms with Crippen molar-refractivity contribution in [3.8, 4) is 0 Å². The molecule has 0 bridgehead atoms. The number of hydrogen-bond donors (Lipinski definition) is 1. The summed E-state index contributed by atoms with van der Waals surface area (Å²) in [6.45, 7) is 0. The van der Waals surface area contributed by atoms with Crippen molar-refractivity contribution < 1.29 is 23.0 Å². The number of fused-ring (bicyclic) bond motifs is 1. The number of aromatic nitrogens is 1. The van der Waals surface area contributed by atoms with Crippen LogP contribution in [0.5, 0.6) is 0 Å². The van der Waals surface area contributed by atoms with E-state index < -0.39 is 33.1 Å². The smallest absolute Gasteiger partial charge is 0.351 e. The van der Waals surface area contributed by atoms with Gasteiger partial charge in [-0.15, -0.1) is 0 Å². The minimum absolute atomic E-state index is 0.484. The van der Waals surface area contributed by atoms with Gasteiger partial charge in [-0.3, -0.25) is 20.2 Å². The van der Waals surface area contributed by atoms with Crippen molar-refractivity contribution in [2.45, 2.75) is 6.18 Å². The van der Waals surface area contributed by atoms with E-state index in [-0.39, 0.29) is 0 Å². The Morgan fingerprint density at radius 3 is 1.76 bits per heavy atom. The van der Waals surface area contributed by atoms with Crippen LogP contribution in [-0.4, -0.2) is 14.8 Å². The molecule has 0 aliphatic heterocycles. The highest BCUT2D eigenvalue weighted by molar-refractivity contribution is 5.80. The maximum Gasteiger partial charge on any atom is 0.431 e. The third-order valence-corrected chi connectivity index (χ3v) is 3.11. The van der Waals surface area contributed by atoms with Crippen LogP contribution in [0.3, 0.4) is 0 Å². The molecule has 25 heavy (non-hydrogen) atoms. The summed E-state index contributed by atoms with van der Waals surface area (Å²) in [5, 5.41) is 21.0. The lowest BCUT2D eigenvalue weighted by Crippen LogP contribution is -2.04. The zero-order chi connectivity index (χ0) is 18.6. The normalized spacial score (nSPS) is 10.8. The first-order chi connectivity index (χ1) is 11.7. The number of rotatable bonds is 2. The summed E-state index contributed by atoms with van der Waals surface area (Å²) in [5.74, 6) is 0. The first-order valence-electron chi connectivity index (χ1n) is 6.73. The predicted molar refractivity (Wildman–Crippen MR) is 83.1 cm³/mol. The van der Waals surface area contributed by atoms with E-state index in [0.29, 0.717) is 10.9 Å². The van der Waals surface area contributed by atoms with Gasteiger partial charge in [-0.1, -0.05) is 30.3 Å². The lowest BCUT2D eigenvalue weighted by atomic mass is 10.2. The molecule has 0 fully saturated rings. The predicted octanol–water partition coefficient (Wildman–Crippen LogP) is 4.69. The maximum atomic E-state index is 12.2. The second-order valence-corrected chi connectivity index (χ2v) is 4.77. The van der Waals surface area contributed by atoms with Gasteiger partial charge in [-0.2, -0.15) is 13.2 Å². The average molecular weight is 353 g/mol. The summed E-state index contributed by atoms with van der Waals surface area (Å²) in [6.07, 6.45) is -4.29. The number of nitrogens with zero attached hydrogens (tertiary/aromatic N) is 2. The number of aromatic amines is 1. The minimum Gasteiger partial charge on any atom is -0.351 e. The molecule has 1 heterocycles. The zero-order valence-electron chi connectivity index (χ0n) is 12.4. The number of para-hydroxylation sites is 3. The van der Waals surface area contributed by atoms with Gasteiger partial charge in [0.15, 0.2) is 0 Å². The first kappa shape index (κ1) is 17.9. The largest absolute Gasteiger partial charge is 0.431 e. The molecule has 0 aliphatic carbocycles. The second kappa shape index (κ2) is 6.99. The van der Waals surface area contributed by atoms with E-state index in [4.69, 9.17) is 0 Å². The van der Waals surface area contributed by atoms with Crippen molar-refractivity contribution in [2.24, 2.45) is 0 Å². The molecular weight excluding hydrogens is 343 g/mol. The van der Waals surface area contributed by atoms with Crippen molar-refractivity contribution in [3.63, 3.8) is 0 Å². The molecule has 0 aliphatic rings. The molecule has 130 valence electrons. The van der Waals surface area contributed by atoms with E-state index in [1.54, 1.807) is 24.3 Å². The van der Waals surface area contributed by atoms with Gasteiger partial charge in [0, 0.05) is 17.6 Å². The van der Waals surface area contributed by atoms with Gasteiger partial charge >= 0.3 is 17.6 Å². The van der Waals surface area contributed by atoms with Crippen LogP contribution in [0.1, 0.15) is 5.69 Å². The third kappa shape index (κ3) is 4.31. The third-order valence-electron chi connectivity index (χ3n) is 3.11. The molecule has 0 saturated carbocycles. The Bertz CT molecular complexity index is 856. The average Bonchev–Trinajstić information content (AvgIpc) is 3.00. The first-order valence-corrected chi connectivity index (χ1v) is 6.73. The molecule has 0 unspecified atom stereocenters. The van der Waals surface area contributed by atoms with Gasteiger partial charge in [0.2, 0.25) is 0 Å². The topological polar surface area (TPSA) is 102 Å². The number of benzene rings is 2. The van der Waals surface area contributed by atoms with E-state index in [0.717, 1.165) is 18.2 Å². The van der Waals surface area contributed by atoms with Crippen molar-refractivity contribution >= 4 is 22.3 Å². The Balaban J connectivity index is 0.000000181.